The zero-order valence-electron chi connectivity index (χ0n) is 15.5. The van der Waals surface area contributed by atoms with Crippen LogP contribution in [0.5, 0.6) is 0 Å². The van der Waals surface area contributed by atoms with Gasteiger partial charge in [-0.25, -0.2) is 0 Å². The summed E-state index contributed by atoms with van der Waals surface area (Å²) >= 11 is 0. The molecule has 2 atom stereocenters. The van der Waals surface area contributed by atoms with E-state index in [0.29, 0.717) is 19.5 Å². The first kappa shape index (κ1) is 18.7. The number of allylic oxidation sites excluding steroid dienone is 1. The highest BCUT2D eigenvalue weighted by atomic mass is 16.2. The fraction of sp³-hybridized carbons (Fsp3) is 0.545. The monoisotopic (exact) mass is 354 g/mol. The standard InChI is InChI=1S/C22H30N2O2/c25-21(23-14-7-12-17-8-3-1-4-9-17)19-16-20(19)22(26)24-15-13-18-10-5-2-6-11-18/h1,3-4,8-10,19-20H,2,5-7,11-16H2,(H,23,25)(H,24,26). The molecule has 0 heterocycles. The first-order chi connectivity index (χ1) is 12.7. The minimum absolute atomic E-state index is 0.0354. The maximum Gasteiger partial charge on any atom is 0.223 e. The fourth-order valence-electron chi connectivity index (χ4n) is 3.66. The SMILES string of the molecule is O=C(NCCCc1ccccc1)C1CC1C(=O)NCCC1=CCCCC1. The summed E-state index contributed by atoms with van der Waals surface area (Å²) in [5.74, 6) is -0.163. The molecule has 2 unspecified atom stereocenters. The van der Waals surface area contributed by atoms with Gasteiger partial charge in [0.15, 0.2) is 0 Å². The molecule has 1 aromatic rings. The van der Waals surface area contributed by atoms with Crippen molar-refractivity contribution in [2.24, 2.45) is 11.8 Å². The molecule has 0 saturated heterocycles. The topological polar surface area (TPSA) is 58.2 Å². The first-order valence-corrected chi connectivity index (χ1v) is 10.0. The lowest BCUT2D eigenvalue weighted by atomic mass is 9.97. The Hall–Kier alpha value is -2.10. The van der Waals surface area contributed by atoms with E-state index >= 15 is 0 Å². The molecule has 140 valence electrons. The summed E-state index contributed by atoms with van der Waals surface area (Å²) in [6.45, 7) is 1.37. The molecule has 2 aliphatic rings. The van der Waals surface area contributed by atoms with E-state index in [1.807, 2.05) is 18.2 Å². The third-order valence-corrected chi connectivity index (χ3v) is 5.38. The molecule has 2 amide bonds. The summed E-state index contributed by atoms with van der Waals surface area (Å²) in [7, 11) is 0. The highest BCUT2D eigenvalue weighted by Gasteiger charge is 2.47. The van der Waals surface area contributed by atoms with E-state index in [1.165, 1.54) is 36.8 Å². The minimum atomic E-state index is -0.124. The second kappa shape index (κ2) is 9.56. The largest absolute Gasteiger partial charge is 0.356 e. The van der Waals surface area contributed by atoms with Crippen LogP contribution in [0.4, 0.5) is 0 Å². The van der Waals surface area contributed by atoms with Gasteiger partial charge in [-0.1, -0.05) is 42.0 Å². The summed E-state index contributed by atoms with van der Waals surface area (Å²) in [6, 6.07) is 10.3. The van der Waals surface area contributed by atoms with Crippen molar-refractivity contribution in [2.75, 3.05) is 13.1 Å². The Kier molecular flexibility index (Phi) is 6.87. The van der Waals surface area contributed by atoms with Crippen molar-refractivity contribution < 1.29 is 9.59 Å². The van der Waals surface area contributed by atoms with Gasteiger partial charge in [0.1, 0.15) is 0 Å². The first-order valence-electron chi connectivity index (χ1n) is 10.0. The number of aryl methyl sites for hydroxylation is 1. The van der Waals surface area contributed by atoms with Crippen LogP contribution in [-0.4, -0.2) is 24.9 Å². The molecular weight excluding hydrogens is 324 g/mol. The maximum atomic E-state index is 12.2. The van der Waals surface area contributed by atoms with Gasteiger partial charge in [0.05, 0.1) is 11.8 Å². The molecule has 1 aromatic carbocycles. The van der Waals surface area contributed by atoms with Crippen LogP contribution in [0, 0.1) is 11.8 Å². The molecule has 3 rings (SSSR count). The van der Waals surface area contributed by atoms with Gasteiger partial charge in [0.25, 0.3) is 0 Å². The molecule has 0 radical (unpaired) electrons. The molecule has 2 aliphatic carbocycles. The molecule has 0 spiro atoms. The predicted molar refractivity (Wildman–Crippen MR) is 104 cm³/mol. The molecule has 4 nitrogen and oxygen atoms in total. The fourth-order valence-corrected chi connectivity index (χ4v) is 3.66. The van der Waals surface area contributed by atoms with E-state index in [-0.39, 0.29) is 23.7 Å². The van der Waals surface area contributed by atoms with Crippen LogP contribution in [-0.2, 0) is 16.0 Å². The van der Waals surface area contributed by atoms with Gasteiger partial charge >= 0.3 is 0 Å². The summed E-state index contributed by atoms with van der Waals surface area (Å²) in [4.78, 5) is 24.3. The number of rotatable bonds is 9. The van der Waals surface area contributed by atoms with Crippen molar-refractivity contribution in [3.63, 3.8) is 0 Å². The lowest BCUT2D eigenvalue weighted by molar-refractivity contribution is -0.127. The van der Waals surface area contributed by atoms with Crippen molar-refractivity contribution >= 4 is 11.8 Å². The summed E-state index contributed by atoms with van der Waals surface area (Å²) < 4.78 is 0. The molecule has 0 bridgehead atoms. The van der Waals surface area contributed by atoms with Crippen molar-refractivity contribution in [3.05, 3.63) is 47.5 Å². The van der Waals surface area contributed by atoms with E-state index in [0.717, 1.165) is 19.3 Å². The van der Waals surface area contributed by atoms with E-state index in [1.54, 1.807) is 0 Å². The van der Waals surface area contributed by atoms with Gasteiger partial charge in [0.2, 0.25) is 11.8 Å². The average Bonchev–Trinajstić information content (AvgIpc) is 3.48. The number of hydrogen-bond donors (Lipinski definition) is 2. The summed E-state index contributed by atoms with van der Waals surface area (Å²) in [5.41, 5.74) is 2.76. The predicted octanol–water partition coefficient (Wildman–Crippen LogP) is 3.38. The molecular formula is C22H30N2O2. The Bertz CT molecular complexity index is 639. The van der Waals surface area contributed by atoms with Crippen molar-refractivity contribution in [1.82, 2.24) is 10.6 Å². The molecule has 4 heteroatoms. The second-order valence-corrected chi connectivity index (χ2v) is 7.48. The average molecular weight is 354 g/mol. The number of benzene rings is 1. The quantitative estimate of drug-likeness (QED) is 0.528. The van der Waals surface area contributed by atoms with E-state index in [9.17, 15) is 9.59 Å². The normalized spacial score (nSPS) is 21.6. The van der Waals surface area contributed by atoms with Crippen LogP contribution >= 0.6 is 0 Å². The number of nitrogens with one attached hydrogen (secondary N) is 2. The van der Waals surface area contributed by atoms with Crippen molar-refractivity contribution in [1.29, 1.82) is 0 Å². The molecule has 1 saturated carbocycles. The number of carbonyl (C=O) groups excluding carboxylic acids is 2. The van der Waals surface area contributed by atoms with Crippen LogP contribution in [0.25, 0.3) is 0 Å². The zero-order valence-corrected chi connectivity index (χ0v) is 15.5. The Morgan fingerprint density at radius 2 is 1.65 bits per heavy atom. The molecule has 1 fully saturated rings. The van der Waals surface area contributed by atoms with Crippen LogP contribution in [0.3, 0.4) is 0 Å². The Morgan fingerprint density at radius 1 is 0.923 bits per heavy atom. The summed E-state index contributed by atoms with van der Waals surface area (Å²) in [6.07, 6.45) is 10.8. The van der Waals surface area contributed by atoms with Crippen molar-refractivity contribution in [2.45, 2.75) is 51.4 Å². The van der Waals surface area contributed by atoms with Crippen molar-refractivity contribution in [3.8, 4) is 0 Å². The third-order valence-electron chi connectivity index (χ3n) is 5.38. The molecule has 0 aliphatic heterocycles. The van der Waals surface area contributed by atoms with Gasteiger partial charge in [0, 0.05) is 13.1 Å². The number of amides is 2. The Morgan fingerprint density at radius 3 is 2.35 bits per heavy atom. The van der Waals surface area contributed by atoms with E-state index < -0.39 is 0 Å². The highest BCUT2D eigenvalue weighted by molar-refractivity contribution is 5.92. The van der Waals surface area contributed by atoms with Gasteiger partial charge < -0.3 is 10.6 Å². The molecule has 2 N–H and O–H groups in total. The highest BCUT2D eigenvalue weighted by Crippen LogP contribution is 2.38. The van der Waals surface area contributed by atoms with E-state index in [4.69, 9.17) is 0 Å². The van der Waals surface area contributed by atoms with E-state index in [2.05, 4.69) is 28.8 Å². The van der Waals surface area contributed by atoms with Gasteiger partial charge in [-0.15, -0.1) is 0 Å². The number of carbonyl (C=O) groups is 2. The van der Waals surface area contributed by atoms with Crippen LogP contribution in [0.1, 0.15) is 50.5 Å². The van der Waals surface area contributed by atoms with Gasteiger partial charge in [-0.3, -0.25) is 9.59 Å². The second-order valence-electron chi connectivity index (χ2n) is 7.48. The zero-order chi connectivity index (χ0) is 18.2. The minimum Gasteiger partial charge on any atom is -0.356 e. The van der Waals surface area contributed by atoms with Gasteiger partial charge in [-0.05, 0) is 56.9 Å². The number of hydrogen-bond acceptors (Lipinski definition) is 2. The Labute approximate surface area is 156 Å². The third kappa shape index (κ3) is 5.72. The lowest BCUT2D eigenvalue weighted by Crippen LogP contribution is -2.31. The molecule has 26 heavy (non-hydrogen) atoms. The Balaban J connectivity index is 1.27. The summed E-state index contributed by atoms with van der Waals surface area (Å²) in [5, 5.41) is 5.99. The van der Waals surface area contributed by atoms with Gasteiger partial charge in [-0.2, -0.15) is 0 Å². The lowest BCUT2D eigenvalue weighted by Gasteiger charge is -2.13. The van der Waals surface area contributed by atoms with Crippen LogP contribution in [0.15, 0.2) is 42.0 Å². The smallest absolute Gasteiger partial charge is 0.223 e. The van der Waals surface area contributed by atoms with Crippen LogP contribution in [0.2, 0.25) is 0 Å². The maximum absolute atomic E-state index is 12.2. The molecule has 0 aromatic heterocycles. The van der Waals surface area contributed by atoms with Crippen LogP contribution < -0.4 is 10.6 Å².